The van der Waals surface area contributed by atoms with E-state index >= 15 is 0 Å². The molecule has 26 heavy (non-hydrogen) atoms. The molecule has 0 saturated carbocycles. The summed E-state index contributed by atoms with van der Waals surface area (Å²) in [5, 5.41) is 5.40. The first kappa shape index (κ1) is 20.5. The fourth-order valence-corrected chi connectivity index (χ4v) is 3.68. The number of hydrogen-bond acceptors (Lipinski definition) is 6. The number of ether oxygens (including phenoxy) is 2. The van der Waals surface area contributed by atoms with Crippen molar-refractivity contribution in [2.75, 3.05) is 26.0 Å². The number of carbonyl (C=O) groups excluding carboxylic acids is 1. The van der Waals surface area contributed by atoms with Gasteiger partial charge >= 0.3 is 6.09 Å². The number of piperidine rings is 1. The topological polar surface area (TPSA) is 93.7 Å². The molecule has 0 aromatic heterocycles. The Morgan fingerprint density at radius 1 is 1.27 bits per heavy atom. The number of hydrogen-bond donors (Lipinski definition) is 2. The molecule has 2 N–H and O–H groups in total. The van der Waals surface area contributed by atoms with Gasteiger partial charge in [0.15, 0.2) is 9.84 Å². The zero-order chi connectivity index (χ0) is 19.0. The lowest BCUT2D eigenvalue weighted by atomic mass is 10.1. The molecule has 1 fully saturated rings. The van der Waals surface area contributed by atoms with Crippen molar-refractivity contribution in [1.82, 2.24) is 10.6 Å². The van der Waals surface area contributed by atoms with Gasteiger partial charge in [-0.2, -0.15) is 0 Å². The summed E-state index contributed by atoms with van der Waals surface area (Å²) in [4.78, 5) is 11.5. The number of unbranched alkanes of at least 4 members (excludes halogenated alkanes) is 1. The van der Waals surface area contributed by atoms with Gasteiger partial charge in [-0.25, -0.2) is 13.2 Å². The van der Waals surface area contributed by atoms with Gasteiger partial charge in [0.2, 0.25) is 0 Å². The standard InChI is InChI=1S/C18H28N2O5S/c1-3-4-9-24-18(21)20-11-14-5-7-15(8-6-14)25-16-10-17(13-19-12-16)26(2,22)23/h5-8,16-17,19H,3-4,9-13H2,1-2H3,(H,20,21). The van der Waals surface area contributed by atoms with Crippen LogP contribution >= 0.6 is 0 Å². The molecule has 146 valence electrons. The summed E-state index contributed by atoms with van der Waals surface area (Å²) in [6.07, 6.45) is 2.99. The molecule has 2 rings (SSSR count). The fraction of sp³-hybridized carbons (Fsp3) is 0.611. The Labute approximate surface area is 155 Å². The molecule has 0 aliphatic carbocycles. The van der Waals surface area contributed by atoms with Crippen molar-refractivity contribution >= 4 is 15.9 Å². The van der Waals surface area contributed by atoms with Crippen LogP contribution in [0.15, 0.2) is 24.3 Å². The Balaban J connectivity index is 1.79. The number of sulfone groups is 1. The number of benzene rings is 1. The van der Waals surface area contributed by atoms with Crippen molar-refractivity contribution in [3.05, 3.63) is 29.8 Å². The first-order chi connectivity index (χ1) is 12.4. The number of nitrogens with one attached hydrogen (secondary N) is 2. The average molecular weight is 384 g/mol. The molecule has 2 unspecified atom stereocenters. The zero-order valence-corrected chi connectivity index (χ0v) is 16.2. The lowest BCUT2D eigenvalue weighted by Gasteiger charge is -2.29. The smallest absolute Gasteiger partial charge is 0.407 e. The second-order valence-electron chi connectivity index (χ2n) is 6.57. The van der Waals surface area contributed by atoms with Crippen LogP contribution in [-0.4, -0.2) is 51.8 Å². The Kier molecular flexibility index (Phi) is 7.71. The summed E-state index contributed by atoms with van der Waals surface area (Å²) in [6, 6.07) is 7.38. The lowest BCUT2D eigenvalue weighted by molar-refractivity contribution is 0.144. The predicted octanol–water partition coefficient (Wildman–Crippen LogP) is 1.87. The van der Waals surface area contributed by atoms with Crippen LogP contribution in [0.5, 0.6) is 5.75 Å². The second kappa shape index (κ2) is 9.78. The Hall–Kier alpha value is -1.80. The Morgan fingerprint density at radius 3 is 2.65 bits per heavy atom. The van der Waals surface area contributed by atoms with Crippen LogP contribution in [0.1, 0.15) is 31.7 Å². The molecule has 1 aromatic carbocycles. The van der Waals surface area contributed by atoms with Crippen LogP contribution < -0.4 is 15.4 Å². The summed E-state index contributed by atoms with van der Waals surface area (Å²) in [5.41, 5.74) is 0.931. The molecule has 1 aliphatic rings. The number of carbonyl (C=O) groups is 1. The molecule has 1 aliphatic heterocycles. The van der Waals surface area contributed by atoms with Gasteiger partial charge < -0.3 is 20.1 Å². The van der Waals surface area contributed by atoms with Gasteiger partial charge in [-0.05, 0) is 24.1 Å². The first-order valence-electron chi connectivity index (χ1n) is 8.94. The van der Waals surface area contributed by atoms with Gasteiger partial charge in [-0.1, -0.05) is 25.5 Å². The SMILES string of the molecule is CCCCOC(=O)NCc1ccc(OC2CNCC(S(C)(=O)=O)C2)cc1. The normalized spacial score (nSPS) is 20.4. The van der Waals surface area contributed by atoms with E-state index in [0.717, 1.165) is 18.4 Å². The first-order valence-corrected chi connectivity index (χ1v) is 10.9. The predicted molar refractivity (Wildman–Crippen MR) is 100 cm³/mol. The number of rotatable bonds is 8. The van der Waals surface area contributed by atoms with E-state index in [-0.39, 0.29) is 6.10 Å². The number of alkyl carbamates (subject to hydrolysis) is 1. The van der Waals surface area contributed by atoms with Crippen LogP contribution in [0, 0.1) is 0 Å². The largest absolute Gasteiger partial charge is 0.489 e. The van der Waals surface area contributed by atoms with E-state index in [1.807, 2.05) is 31.2 Å². The molecular formula is C18H28N2O5S. The molecule has 0 radical (unpaired) electrons. The molecule has 1 heterocycles. The molecule has 7 nitrogen and oxygen atoms in total. The minimum absolute atomic E-state index is 0.180. The third-order valence-corrected chi connectivity index (χ3v) is 5.84. The second-order valence-corrected chi connectivity index (χ2v) is 8.90. The van der Waals surface area contributed by atoms with E-state index in [9.17, 15) is 13.2 Å². The highest BCUT2D eigenvalue weighted by molar-refractivity contribution is 7.91. The Morgan fingerprint density at radius 2 is 2.00 bits per heavy atom. The van der Waals surface area contributed by atoms with Crippen LogP contribution in [0.3, 0.4) is 0 Å². The summed E-state index contributed by atoms with van der Waals surface area (Å²) >= 11 is 0. The molecule has 8 heteroatoms. The van der Waals surface area contributed by atoms with Crippen LogP contribution in [-0.2, 0) is 21.1 Å². The van der Waals surface area contributed by atoms with Gasteiger partial charge in [-0.3, -0.25) is 0 Å². The molecule has 0 spiro atoms. The van der Waals surface area contributed by atoms with Crippen LogP contribution in [0.4, 0.5) is 4.79 Å². The fourth-order valence-electron chi connectivity index (χ4n) is 2.69. The van der Waals surface area contributed by atoms with E-state index in [1.165, 1.54) is 6.26 Å². The minimum atomic E-state index is -3.08. The summed E-state index contributed by atoms with van der Waals surface area (Å²) in [5.74, 6) is 0.681. The summed E-state index contributed by atoms with van der Waals surface area (Å²) < 4.78 is 34.3. The average Bonchev–Trinajstić information content (AvgIpc) is 2.61. The third-order valence-electron chi connectivity index (χ3n) is 4.27. The van der Waals surface area contributed by atoms with E-state index in [0.29, 0.717) is 38.4 Å². The van der Waals surface area contributed by atoms with E-state index < -0.39 is 21.2 Å². The van der Waals surface area contributed by atoms with E-state index in [4.69, 9.17) is 9.47 Å². The van der Waals surface area contributed by atoms with Gasteiger partial charge in [0, 0.05) is 32.3 Å². The monoisotopic (exact) mass is 384 g/mol. The van der Waals surface area contributed by atoms with Crippen LogP contribution in [0.25, 0.3) is 0 Å². The third kappa shape index (κ3) is 6.84. The van der Waals surface area contributed by atoms with Gasteiger partial charge in [-0.15, -0.1) is 0 Å². The summed E-state index contributed by atoms with van der Waals surface area (Å²) in [6.45, 7) is 3.94. The zero-order valence-electron chi connectivity index (χ0n) is 15.4. The summed E-state index contributed by atoms with van der Waals surface area (Å²) in [7, 11) is -3.08. The van der Waals surface area contributed by atoms with Crippen molar-refractivity contribution < 1.29 is 22.7 Å². The maximum Gasteiger partial charge on any atom is 0.407 e. The molecule has 1 aromatic rings. The van der Waals surface area contributed by atoms with Gasteiger partial charge in [0.25, 0.3) is 0 Å². The minimum Gasteiger partial charge on any atom is -0.489 e. The lowest BCUT2D eigenvalue weighted by Crippen LogP contribution is -2.47. The molecule has 1 saturated heterocycles. The van der Waals surface area contributed by atoms with Crippen molar-refractivity contribution in [2.45, 2.75) is 44.1 Å². The highest BCUT2D eigenvalue weighted by Gasteiger charge is 2.29. The van der Waals surface area contributed by atoms with Crippen molar-refractivity contribution in [3.8, 4) is 5.75 Å². The van der Waals surface area contributed by atoms with E-state index in [2.05, 4.69) is 10.6 Å². The van der Waals surface area contributed by atoms with Gasteiger partial charge in [0.05, 0.1) is 11.9 Å². The van der Waals surface area contributed by atoms with Crippen molar-refractivity contribution in [2.24, 2.45) is 0 Å². The number of amides is 1. The maximum atomic E-state index is 11.7. The molecule has 2 atom stereocenters. The molecule has 1 amide bonds. The highest BCUT2D eigenvalue weighted by Crippen LogP contribution is 2.19. The molecule has 0 bridgehead atoms. The quantitative estimate of drug-likeness (QED) is 0.665. The van der Waals surface area contributed by atoms with Gasteiger partial charge in [0.1, 0.15) is 11.9 Å². The van der Waals surface area contributed by atoms with E-state index in [1.54, 1.807) is 0 Å². The Bertz CT molecular complexity index is 675. The molecular weight excluding hydrogens is 356 g/mol. The highest BCUT2D eigenvalue weighted by atomic mass is 32.2. The maximum absolute atomic E-state index is 11.7. The van der Waals surface area contributed by atoms with Crippen molar-refractivity contribution in [3.63, 3.8) is 0 Å². The van der Waals surface area contributed by atoms with Crippen molar-refractivity contribution in [1.29, 1.82) is 0 Å². The van der Waals surface area contributed by atoms with Crippen LogP contribution in [0.2, 0.25) is 0 Å².